The number of hydrogen-bond donors (Lipinski definition) is 1. The van der Waals surface area contributed by atoms with Crippen molar-refractivity contribution < 1.29 is 9.84 Å². The molecule has 2 rings (SSSR count). The van der Waals surface area contributed by atoms with Crippen molar-refractivity contribution >= 4 is 0 Å². The molecule has 1 aromatic carbocycles. The van der Waals surface area contributed by atoms with E-state index >= 15 is 0 Å². The predicted octanol–water partition coefficient (Wildman–Crippen LogP) is 0.872. The Morgan fingerprint density at radius 3 is 2.93 bits per heavy atom. The Balaban J connectivity index is 1.95. The summed E-state index contributed by atoms with van der Waals surface area (Å²) in [6.07, 6.45) is 0.314. The van der Waals surface area contributed by atoms with Gasteiger partial charge in [0.15, 0.2) is 0 Å². The van der Waals surface area contributed by atoms with Crippen LogP contribution in [0.1, 0.15) is 5.56 Å². The lowest BCUT2D eigenvalue weighted by molar-refractivity contribution is 0.0387. The maximum absolute atomic E-state index is 8.95. The quantitative estimate of drug-likeness (QED) is 0.773. The average Bonchev–Trinajstić information content (AvgIpc) is 2.16. The fourth-order valence-electron chi connectivity index (χ4n) is 1.63. The lowest BCUT2D eigenvalue weighted by Gasteiger charge is -2.36. The first-order valence-corrected chi connectivity index (χ1v) is 4.83. The molecule has 0 aromatic heterocycles. The fourth-order valence-corrected chi connectivity index (χ4v) is 1.63. The van der Waals surface area contributed by atoms with Gasteiger partial charge in [-0.1, -0.05) is 12.1 Å². The van der Waals surface area contributed by atoms with Gasteiger partial charge in [0.25, 0.3) is 0 Å². The molecule has 3 nitrogen and oxygen atoms in total. The van der Waals surface area contributed by atoms with E-state index in [1.54, 1.807) is 0 Å². The van der Waals surface area contributed by atoms with E-state index in [1.165, 1.54) is 0 Å². The molecule has 0 amide bonds. The van der Waals surface area contributed by atoms with E-state index in [9.17, 15) is 0 Å². The molecule has 0 aliphatic carbocycles. The van der Waals surface area contributed by atoms with E-state index in [0.717, 1.165) is 24.4 Å². The smallest absolute Gasteiger partial charge is 0.124 e. The number of aliphatic hydroxyl groups is 1. The highest BCUT2D eigenvalue weighted by Crippen LogP contribution is 2.18. The van der Waals surface area contributed by atoms with Crippen molar-refractivity contribution in [1.29, 1.82) is 0 Å². The highest BCUT2D eigenvalue weighted by atomic mass is 16.5. The van der Waals surface area contributed by atoms with Crippen molar-refractivity contribution in [3.8, 4) is 5.75 Å². The van der Waals surface area contributed by atoms with Crippen LogP contribution in [0.15, 0.2) is 24.3 Å². The lowest BCUT2D eigenvalue weighted by Crippen LogP contribution is -2.51. The number of rotatable bonds is 3. The van der Waals surface area contributed by atoms with Crippen molar-refractivity contribution in [2.75, 3.05) is 20.1 Å². The number of nitrogens with zero attached hydrogens (tertiary/aromatic N) is 1. The summed E-state index contributed by atoms with van der Waals surface area (Å²) < 4.78 is 5.71. The summed E-state index contributed by atoms with van der Waals surface area (Å²) in [4.78, 5) is 2.21. The molecule has 0 saturated carbocycles. The third-order valence-electron chi connectivity index (χ3n) is 2.41. The topological polar surface area (TPSA) is 32.7 Å². The van der Waals surface area contributed by atoms with Gasteiger partial charge in [0.2, 0.25) is 0 Å². The van der Waals surface area contributed by atoms with Gasteiger partial charge in [-0.05, 0) is 24.7 Å². The molecule has 76 valence electrons. The molecule has 14 heavy (non-hydrogen) atoms. The van der Waals surface area contributed by atoms with Crippen LogP contribution < -0.4 is 4.74 Å². The molecule has 1 aliphatic heterocycles. The first kappa shape index (κ1) is 9.49. The minimum Gasteiger partial charge on any atom is -0.488 e. The van der Waals surface area contributed by atoms with Crippen LogP contribution in [-0.4, -0.2) is 36.2 Å². The Bertz CT molecular complexity index is 308. The standard InChI is InChI=1S/C11H15NO2/c1-12-6-11(7-12)14-10-4-2-3-9(5-10)8-13/h2-5,11,13H,6-8H2,1H3. The monoisotopic (exact) mass is 193 g/mol. The Morgan fingerprint density at radius 2 is 2.29 bits per heavy atom. The largest absolute Gasteiger partial charge is 0.488 e. The Morgan fingerprint density at radius 1 is 1.50 bits per heavy atom. The number of hydrogen-bond acceptors (Lipinski definition) is 3. The van der Waals surface area contributed by atoms with Crippen LogP contribution in [0.25, 0.3) is 0 Å². The number of likely N-dealkylation sites (tertiary alicyclic amines) is 1. The van der Waals surface area contributed by atoms with E-state index in [-0.39, 0.29) is 6.61 Å². The zero-order chi connectivity index (χ0) is 9.97. The average molecular weight is 193 g/mol. The SMILES string of the molecule is CN1CC(Oc2cccc(CO)c2)C1. The van der Waals surface area contributed by atoms with E-state index in [0.29, 0.717) is 6.10 Å². The number of ether oxygens (including phenoxy) is 1. The van der Waals surface area contributed by atoms with Crippen LogP contribution in [0.4, 0.5) is 0 Å². The van der Waals surface area contributed by atoms with Gasteiger partial charge in [-0.15, -0.1) is 0 Å². The molecule has 1 saturated heterocycles. The van der Waals surface area contributed by atoms with Gasteiger partial charge < -0.3 is 9.84 Å². The second-order valence-electron chi connectivity index (χ2n) is 3.77. The molecule has 0 bridgehead atoms. The fraction of sp³-hybridized carbons (Fsp3) is 0.455. The molecule has 1 N–H and O–H groups in total. The van der Waals surface area contributed by atoms with Gasteiger partial charge in [-0.2, -0.15) is 0 Å². The highest BCUT2D eigenvalue weighted by Gasteiger charge is 2.24. The first-order valence-electron chi connectivity index (χ1n) is 4.83. The van der Waals surface area contributed by atoms with Crippen molar-refractivity contribution in [3.05, 3.63) is 29.8 Å². The van der Waals surface area contributed by atoms with Gasteiger partial charge in [0, 0.05) is 13.1 Å². The zero-order valence-corrected chi connectivity index (χ0v) is 8.31. The van der Waals surface area contributed by atoms with Gasteiger partial charge in [-0.25, -0.2) is 0 Å². The van der Waals surface area contributed by atoms with E-state index in [2.05, 4.69) is 11.9 Å². The number of aliphatic hydroxyl groups excluding tert-OH is 1. The third kappa shape index (κ3) is 2.05. The van der Waals surface area contributed by atoms with Gasteiger partial charge in [0.05, 0.1) is 6.61 Å². The Kier molecular flexibility index (Phi) is 2.70. The van der Waals surface area contributed by atoms with Crippen LogP contribution in [-0.2, 0) is 6.61 Å². The van der Waals surface area contributed by atoms with Gasteiger partial charge >= 0.3 is 0 Å². The minimum absolute atomic E-state index is 0.0712. The maximum atomic E-state index is 8.95. The summed E-state index contributed by atoms with van der Waals surface area (Å²) in [5.74, 6) is 0.856. The lowest BCUT2D eigenvalue weighted by atomic mass is 10.2. The second-order valence-corrected chi connectivity index (χ2v) is 3.77. The predicted molar refractivity (Wildman–Crippen MR) is 54.3 cm³/mol. The number of likely N-dealkylation sites (N-methyl/N-ethyl adjacent to an activating group) is 1. The second kappa shape index (κ2) is 3.98. The van der Waals surface area contributed by atoms with E-state index < -0.39 is 0 Å². The molecule has 0 spiro atoms. The van der Waals surface area contributed by atoms with Crippen molar-refractivity contribution in [2.24, 2.45) is 0 Å². The molecule has 1 aromatic rings. The summed E-state index contributed by atoms with van der Waals surface area (Å²) in [7, 11) is 2.07. The summed E-state index contributed by atoms with van der Waals surface area (Å²) in [5.41, 5.74) is 0.898. The normalized spacial score (nSPS) is 17.9. The van der Waals surface area contributed by atoms with E-state index in [1.807, 2.05) is 24.3 Å². The molecule has 1 heterocycles. The Hall–Kier alpha value is -1.06. The molecule has 0 atom stereocenters. The number of benzene rings is 1. The summed E-state index contributed by atoms with van der Waals surface area (Å²) in [5, 5.41) is 8.95. The first-order chi connectivity index (χ1) is 6.78. The third-order valence-corrected chi connectivity index (χ3v) is 2.41. The molecule has 0 radical (unpaired) electrons. The highest BCUT2D eigenvalue weighted by molar-refractivity contribution is 5.28. The zero-order valence-electron chi connectivity index (χ0n) is 8.31. The summed E-state index contributed by atoms with van der Waals surface area (Å²) >= 11 is 0. The van der Waals surface area contributed by atoms with E-state index in [4.69, 9.17) is 9.84 Å². The van der Waals surface area contributed by atoms with Crippen LogP contribution in [0.2, 0.25) is 0 Å². The van der Waals surface area contributed by atoms with Crippen LogP contribution >= 0.6 is 0 Å². The van der Waals surface area contributed by atoms with Gasteiger partial charge in [0.1, 0.15) is 11.9 Å². The molecule has 3 heteroatoms. The van der Waals surface area contributed by atoms with Crippen LogP contribution in [0.3, 0.4) is 0 Å². The summed E-state index contributed by atoms with van der Waals surface area (Å²) in [6, 6.07) is 7.61. The van der Waals surface area contributed by atoms with Crippen LogP contribution in [0, 0.1) is 0 Å². The molecule has 0 unspecified atom stereocenters. The maximum Gasteiger partial charge on any atom is 0.124 e. The van der Waals surface area contributed by atoms with Crippen molar-refractivity contribution in [3.63, 3.8) is 0 Å². The van der Waals surface area contributed by atoms with Crippen molar-refractivity contribution in [2.45, 2.75) is 12.7 Å². The minimum atomic E-state index is 0.0712. The molecular formula is C11H15NO2. The summed E-state index contributed by atoms with van der Waals surface area (Å²) in [6.45, 7) is 2.05. The molecular weight excluding hydrogens is 178 g/mol. The Labute approximate surface area is 83.9 Å². The molecule has 1 aliphatic rings. The van der Waals surface area contributed by atoms with Gasteiger partial charge in [-0.3, -0.25) is 4.90 Å². The molecule has 1 fully saturated rings. The van der Waals surface area contributed by atoms with Crippen LogP contribution in [0.5, 0.6) is 5.75 Å². The van der Waals surface area contributed by atoms with Crippen molar-refractivity contribution in [1.82, 2.24) is 4.90 Å².